The number of carbonyl (C=O) groups excluding carboxylic acids is 1. The molecule has 1 heterocycles. The Labute approximate surface area is 173 Å². The number of nitrogens with one attached hydrogen (secondary N) is 2. The first kappa shape index (κ1) is 20.6. The molecule has 0 atom stereocenters. The Bertz CT molecular complexity index is 1070. The molecule has 3 aromatic rings. The van der Waals surface area contributed by atoms with Crippen LogP contribution in [0.25, 0.3) is 5.70 Å². The predicted molar refractivity (Wildman–Crippen MR) is 112 cm³/mol. The molecule has 30 heavy (non-hydrogen) atoms. The van der Waals surface area contributed by atoms with Gasteiger partial charge < -0.3 is 14.9 Å². The van der Waals surface area contributed by atoms with Crippen molar-refractivity contribution in [1.82, 2.24) is 20.6 Å². The lowest BCUT2D eigenvalue weighted by atomic mass is 10.1. The minimum Gasteiger partial charge on any atom is -0.497 e. The van der Waals surface area contributed by atoms with E-state index in [1.54, 1.807) is 55.1 Å². The predicted octanol–water partition coefficient (Wildman–Crippen LogP) is 3.06. The van der Waals surface area contributed by atoms with Gasteiger partial charge >= 0.3 is 5.82 Å². The van der Waals surface area contributed by atoms with Gasteiger partial charge in [0.25, 0.3) is 5.91 Å². The van der Waals surface area contributed by atoms with Crippen LogP contribution in [-0.2, 0) is 6.54 Å². The zero-order valence-electron chi connectivity index (χ0n) is 16.6. The first-order valence-electron chi connectivity index (χ1n) is 9.05. The van der Waals surface area contributed by atoms with Crippen molar-refractivity contribution in [2.45, 2.75) is 13.5 Å². The highest BCUT2D eigenvalue weighted by Gasteiger charge is 2.15. The molecule has 0 saturated carbocycles. The minimum atomic E-state index is -0.524. The molecule has 0 aliphatic carbocycles. The summed E-state index contributed by atoms with van der Waals surface area (Å²) in [5, 5.41) is 14.8. The minimum absolute atomic E-state index is 0.188. The number of amides is 1. The number of hydrogen-bond donors (Lipinski definition) is 2. The number of nitrogens with zero attached hydrogens (tertiary/aromatic N) is 3. The highest BCUT2D eigenvalue weighted by Crippen LogP contribution is 2.16. The van der Waals surface area contributed by atoms with Crippen LogP contribution in [0.4, 0.5) is 5.82 Å². The lowest BCUT2D eigenvalue weighted by molar-refractivity contribution is -0.389. The maximum atomic E-state index is 12.4. The number of hydrazine groups is 1. The van der Waals surface area contributed by atoms with Crippen LogP contribution < -0.4 is 15.6 Å². The molecule has 1 aromatic heterocycles. The quantitative estimate of drug-likeness (QED) is 0.438. The third kappa shape index (κ3) is 4.82. The summed E-state index contributed by atoms with van der Waals surface area (Å²) in [5.41, 5.74) is 8.76. The summed E-state index contributed by atoms with van der Waals surface area (Å²) in [6, 6.07) is 15.6. The second kappa shape index (κ2) is 8.91. The fourth-order valence-electron chi connectivity index (χ4n) is 2.75. The number of methoxy groups -OCH3 is 1. The van der Waals surface area contributed by atoms with Crippen molar-refractivity contribution in [3.8, 4) is 5.75 Å². The van der Waals surface area contributed by atoms with E-state index in [9.17, 15) is 14.9 Å². The van der Waals surface area contributed by atoms with E-state index in [-0.39, 0.29) is 11.7 Å². The van der Waals surface area contributed by atoms with Gasteiger partial charge in [0.1, 0.15) is 5.75 Å². The highest BCUT2D eigenvalue weighted by atomic mass is 16.6. The lowest BCUT2D eigenvalue weighted by Crippen LogP contribution is -2.35. The Morgan fingerprint density at radius 1 is 1.13 bits per heavy atom. The molecule has 0 spiro atoms. The van der Waals surface area contributed by atoms with Crippen molar-refractivity contribution >= 4 is 17.4 Å². The summed E-state index contributed by atoms with van der Waals surface area (Å²) in [6.45, 7) is 6.03. The van der Waals surface area contributed by atoms with Gasteiger partial charge in [-0.15, -0.1) is 0 Å². The second-order valence-electron chi connectivity index (χ2n) is 6.54. The number of aromatic nitrogens is 2. The molecule has 9 heteroatoms. The Hall–Kier alpha value is -4.14. The molecule has 2 aromatic carbocycles. The first-order chi connectivity index (χ1) is 14.4. The Morgan fingerprint density at radius 3 is 2.33 bits per heavy atom. The zero-order chi connectivity index (χ0) is 21.7. The number of rotatable bonds is 8. The van der Waals surface area contributed by atoms with Gasteiger partial charge in [0.05, 0.1) is 36.2 Å². The topological polar surface area (TPSA) is 111 Å². The molecule has 2 N–H and O–H groups in total. The van der Waals surface area contributed by atoms with E-state index in [2.05, 4.69) is 22.5 Å². The van der Waals surface area contributed by atoms with Gasteiger partial charge in [0.15, 0.2) is 0 Å². The fraction of sp³-hybridized carbons (Fsp3) is 0.143. The fourth-order valence-corrected chi connectivity index (χ4v) is 2.75. The molecule has 0 aliphatic rings. The monoisotopic (exact) mass is 407 g/mol. The highest BCUT2D eigenvalue weighted by molar-refractivity contribution is 5.94. The molecule has 0 saturated heterocycles. The molecule has 0 bridgehead atoms. The summed E-state index contributed by atoms with van der Waals surface area (Å²) in [6.07, 6.45) is 0. The Morgan fingerprint density at radius 2 is 1.77 bits per heavy atom. The zero-order valence-corrected chi connectivity index (χ0v) is 16.6. The van der Waals surface area contributed by atoms with Gasteiger partial charge in [-0.1, -0.05) is 18.7 Å². The molecule has 3 rings (SSSR count). The lowest BCUT2D eigenvalue weighted by Gasteiger charge is -2.12. The molecular formula is C21H21N5O4. The summed E-state index contributed by atoms with van der Waals surface area (Å²) >= 11 is 0. The van der Waals surface area contributed by atoms with Gasteiger partial charge in [-0.3, -0.25) is 15.6 Å². The number of ether oxygens (including phenoxy) is 1. The molecule has 0 unspecified atom stereocenters. The number of aryl methyl sites for hydroxylation is 1. The van der Waals surface area contributed by atoms with Crippen molar-refractivity contribution in [2.75, 3.05) is 7.11 Å². The van der Waals surface area contributed by atoms with Gasteiger partial charge in [0.2, 0.25) is 0 Å². The van der Waals surface area contributed by atoms with Crippen molar-refractivity contribution < 1.29 is 14.5 Å². The summed E-state index contributed by atoms with van der Waals surface area (Å²) in [5.74, 6) is 0.226. The van der Waals surface area contributed by atoms with Crippen LogP contribution in [0.1, 0.15) is 27.2 Å². The number of benzene rings is 2. The molecule has 0 fully saturated rings. The molecule has 1 amide bonds. The van der Waals surface area contributed by atoms with Crippen LogP contribution in [0.2, 0.25) is 0 Å². The average molecular weight is 407 g/mol. The third-order valence-electron chi connectivity index (χ3n) is 4.47. The van der Waals surface area contributed by atoms with Gasteiger partial charge in [0, 0.05) is 5.56 Å². The van der Waals surface area contributed by atoms with Crippen LogP contribution in [-0.4, -0.2) is 27.7 Å². The smallest absolute Gasteiger partial charge is 0.390 e. The molecule has 0 aliphatic heterocycles. The van der Waals surface area contributed by atoms with Gasteiger partial charge in [-0.05, 0) is 59.4 Å². The SMILES string of the molecule is C=C(NNC(=O)c1ccc(Cn2nc([N+](=O)[O-])cc2C)cc1)c1ccc(OC)cc1. The van der Waals surface area contributed by atoms with E-state index >= 15 is 0 Å². The van der Waals surface area contributed by atoms with Crippen LogP contribution in [0, 0.1) is 17.0 Å². The summed E-state index contributed by atoms with van der Waals surface area (Å²) in [7, 11) is 1.59. The maximum absolute atomic E-state index is 12.4. The molecule has 154 valence electrons. The van der Waals surface area contributed by atoms with Crippen LogP contribution >= 0.6 is 0 Å². The molecule has 0 radical (unpaired) electrons. The van der Waals surface area contributed by atoms with Crippen LogP contribution in [0.15, 0.2) is 61.2 Å². The molecular weight excluding hydrogens is 386 g/mol. The van der Waals surface area contributed by atoms with Crippen LogP contribution in [0.3, 0.4) is 0 Å². The van der Waals surface area contributed by atoms with Crippen LogP contribution in [0.5, 0.6) is 5.75 Å². The van der Waals surface area contributed by atoms with Crippen molar-refractivity contribution in [3.05, 3.63) is 93.7 Å². The van der Waals surface area contributed by atoms with E-state index in [0.717, 1.165) is 16.9 Å². The molecule has 9 nitrogen and oxygen atoms in total. The normalized spacial score (nSPS) is 10.3. The van der Waals surface area contributed by atoms with E-state index < -0.39 is 4.92 Å². The van der Waals surface area contributed by atoms with Gasteiger partial charge in [-0.25, -0.2) is 0 Å². The van der Waals surface area contributed by atoms with Gasteiger partial charge in [-0.2, -0.15) is 4.68 Å². The Kier molecular flexibility index (Phi) is 6.11. The van der Waals surface area contributed by atoms with Crippen molar-refractivity contribution in [3.63, 3.8) is 0 Å². The van der Waals surface area contributed by atoms with E-state index in [1.165, 1.54) is 6.07 Å². The largest absolute Gasteiger partial charge is 0.497 e. The average Bonchev–Trinajstić information content (AvgIpc) is 3.13. The van der Waals surface area contributed by atoms with E-state index in [1.807, 2.05) is 12.1 Å². The summed E-state index contributed by atoms with van der Waals surface area (Å²) in [4.78, 5) is 22.7. The summed E-state index contributed by atoms with van der Waals surface area (Å²) < 4.78 is 6.66. The number of hydrogen-bond acceptors (Lipinski definition) is 6. The number of carbonyl (C=O) groups is 1. The van der Waals surface area contributed by atoms with Crippen molar-refractivity contribution in [2.24, 2.45) is 0 Å². The third-order valence-corrected chi connectivity index (χ3v) is 4.47. The van der Waals surface area contributed by atoms with E-state index in [0.29, 0.717) is 23.5 Å². The maximum Gasteiger partial charge on any atom is 0.390 e. The second-order valence-corrected chi connectivity index (χ2v) is 6.54. The standard InChI is InChI=1S/C21H21N5O4/c1-14-12-20(26(28)29)24-25(14)13-16-4-6-18(7-5-16)21(27)23-22-15(2)17-8-10-19(30-3)11-9-17/h4-12,22H,2,13H2,1,3H3,(H,23,27). The van der Waals surface area contributed by atoms with E-state index in [4.69, 9.17) is 4.74 Å². The first-order valence-corrected chi connectivity index (χ1v) is 9.05. The number of nitro groups is 1. The van der Waals surface area contributed by atoms with Crippen molar-refractivity contribution in [1.29, 1.82) is 0 Å². The Balaban J connectivity index is 1.58.